The Morgan fingerprint density at radius 2 is 1.68 bits per heavy atom. The van der Waals surface area contributed by atoms with Crippen molar-refractivity contribution in [1.82, 2.24) is 5.32 Å². The summed E-state index contributed by atoms with van der Waals surface area (Å²) in [5, 5.41) is 3.31. The van der Waals surface area contributed by atoms with Crippen molar-refractivity contribution in [1.29, 1.82) is 0 Å². The van der Waals surface area contributed by atoms with Gasteiger partial charge in [0, 0.05) is 11.6 Å². The molecule has 0 aromatic heterocycles. The van der Waals surface area contributed by atoms with Crippen molar-refractivity contribution >= 4 is 12.0 Å². The quantitative estimate of drug-likeness (QED) is 0.644. The molecule has 2 aliphatic rings. The number of hydrogen-bond acceptors (Lipinski definition) is 1. The number of hydrogen-bond donors (Lipinski definition) is 1. The second-order valence-corrected chi connectivity index (χ2v) is 8.61. The number of amides is 1. The lowest BCUT2D eigenvalue weighted by molar-refractivity contribution is 0.0893. The number of carbonyl (C=O) groups excluding carboxylic acids is 1. The van der Waals surface area contributed by atoms with Gasteiger partial charge in [-0.3, -0.25) is 4.79 Å². The SMILES string of the molecule is C=Cc1ccc(C(=O)N[C@@H]2C[C@H]3CC[C@@H](C2)C3CCCc2ccccc2)cc1. The van der Waals surface area contributed by atoms with Crippen LogP contribution in [-0.4, -0.2) is 11.9 Å². The van der Waals surface area contributed by atoms with E-state index in [1.807, 2.05) is 24.3 Å². The molecule has 2 fully saturated rings. The van der Waals surface area contributed by atoms with E-state index >= 15 is 0 Å². The number of nitrogens with one attached hydrogen (secondary N) is 1. The van der Waals surface area contributed by atoms with Gasteiger partial charge in [0.25, 0.3) is 5.91 Å². The summed E-state index contributed by atoms with van der Waals surface area (Å²) in [4.78, 5) is 12.6. The van der Waals surface area contributed by atoms with Gasteiger partial charge in [0.15, 0.2) is 0 Å². The first-order valence-electron chi connectivity index (χ1n) is 10.8. The summed E-state index contributed by atoms with van der Waals surface area (Å²) in [5.74, 6) is 2.53. The zero-order valence-electron chi connectivity index (χ0n) is 16.6. The van der Waals surface area contributed by atoms with Crippen LogP contribution in [0.25, 0.3) is 6.08 Å². The predicted molar refractivity (Wildman–Crippen MR) is 116 cm³/mol. The minimum atomic E-state index is 0.0718. The Hall–Kier alpha value is -2.35. The maximum atomic E-state index is 12.6. The Morgan fingerprint density at radius 3 is 2.32 bits per heavy atom. The fraction of sp³-hybridized carbons (Fsp3) is 0.423. The lowest BCUT2D eigenvalue weighted by atomic mass is 9.74. The van der Waals surface area contributed by atoms with E-state index in [0.717, 1.165) is 41.7 Å². The van der Waals surface area contributed by atoms with Gasteiger partial charge in [0.1, 0.15) is 0 Å². The topological polar surface area (TPSA) is 29.1 Å². The molecule has 0 radical (unpaired) electrons. The molecule has 146 valence electrons. The average Bonchev–Trinajstić information content (AvgIpc) is 2.97. The van der Waals surface area contributed by atoms with Crippen LogP contribution in [-0.2, 0) is 6.42 Å². The van der Waals surface area contributed by atoms with Crippen LogP contribution in [0.2, 0.25) is 0 Å². The van der Waals surface area contributed by atoms with E-state index in [9.17, 15) is 4.79 Å². The molecule has 0 heterocycles. The average molecular weight is 374 g/mol. The monoisotopic (exact) mass is 373 g/mol. The van der Waals surface area contributed by atoms with Crippen LogP contribution >= 0.6 is 0 Å². The molecule has 1 amide bonds. The van der Waals surface area contributed by atoms with E-state index in [2.05, 4.69) is 42.2 Å². The van der Waals surface area contributed by atoms with E-state index in [4.69, 9.17) is 0 Å². The zero-order valence-corrected chi connectivity index (χ0v) is 16.6. The number of rotatable bonds is 7. The van der Waals surface area contributed by atoms with Crippen LogP contribution in [0.4, 0.5) is 0 Å². The molecule has 4 atom stereocenters. The first kappa shape index (κ1) is 19.0. The van der Waals surface area contributed by atoms with Gasteiger partial charge < -0.3 is 5.32 Å². The highest BCUT2D eigenvalue weighted by Gasteiger charge is 2.42. The number of fused-ring (bicyclic) bond motifs is 2. The third-order valence-electron chi connectivity index (χ3n) is 6.88. The number of carbonyl (C=O) groups is 1. The van der Waals surface area contributed by atoms with E-state index in [1.165, 1.54) is 37.7 Å². The van der Waals surface area contributed by atoms with Crippen molar-refractivity contribution < 1.29 is 4.79 Å². The molecule has 2 aromatic carbocycles. The van der Waals surface area contributed by atoms with Gasteiger partial charge in [0.05, 0.1) is 0 Å². The van der Waals surface area contributed by atoms with Crippen molar-refractivity contribution in [3.63, 3.8) is 0 Å². The third-order valence-corrected chi connectivity index (χ3v) is 6.88. The molecule has 0 spiro atoms. The van der Waals surface area contributed by atoms with Crippen LogP contribution < -0.4 is 5.32 Å². The molecular weight excluding hydrogens is 342 g/mol. The van der Waals surface area contributed by atoms with Gasteiger partial charge in [0.2, 0.25) is 0 Å². The third kappa shape index (κ3) is 4.38. The van der Waals surface area contributed by atoms with Crippen molar-refractivity contribution in [3.8, 4) is 0 Å². The zero-order chi connectivity index (χ0) is 19.3. The maximum absolute atomic E-state index is 12.6. The maximum Gasteiger partial charge on any atom is 0.251 e. The summed E-state index contributed by atoms with van der Waals surface area (Å²) in [6, 6.07) is 18.9. The minimum Gasteiger partial charge on any atom is -0.349 e. The highest BCUT2D eigenvalue weighted by Crippen LogP contribution is 2.49. The van der Waals surface area contributed by atoms with Crippen molar-refractivity contribution in [2.24, 2.45) is 17.8 Å². The number of benzene rings is 2. The van der Waals surface area contributed by atoms with Crippen molar-refractivity contribution in [2.45, 2.75) is 51.0 Å². The molecule has 2 saturated carbocycles. The molecule has 2 nitrogen and oxygen atoms in total. The summed E-state index contributed by atoms with van der Waals surface area (Å²) >= 11 is 0. The summed E-state index contributed by atoms with van der Waals surface area (Å²) in [5.41, 5.74) is 3.26. The van der Waals surface area contributed by atoms with E-state index in [1.54, 1.807) is 6.08 Å². The van der Waals surface area contributed by atoms with E-state index in [0.29, 0.717) is 6.04 Å². The van der Waals surface area contributed by atoms with Gasteiger partial charge in [-0.15, -0.1) is 0 Å². The summed E-state index contributed by atoms with van der Waals surface area (Å²) < 4.78 is 0. The number of aryl methyl sites for hydroxylation is 1. The van der Waals surface area contributed by atoms with E-state index < -0.39 is 0 Å². The largest absolute Gasteiger partial charge is 0.349 e. The molecule has 2 bridgehead atoms. The summed E-state index contributed by atoms with van der Waals surface area (Å²) in [7, 11) is 0. The minimum absolute atomic E-state index is 0.0718. The van der Waals surface area contributed by atoms with Gasteiger partial charge in [-0.2, -0.15) is 0 Å². The molecule has 28 heavy (non-hydrogen) atoms. The molecule has 1 N–H and O–H groups in total. The lowest BCUT2D eigenvalue weighted by Gasteiger charge is -2.36. The highest BCUT2D eigenvalue weighted by molar-refractivity contribution is 5.94. The van der Waals surface area contributed by atoms with Crippen LogP contribution in [0.1, 0.15) is 60.0 Å². The van der Waals surface area contributed by atoms with Crippen LogP contribution in [0.5, 0.6) is 0 Å². The van der Waals surface area contributed by atoms with Gasteiger partial charge in [-0.25, -0.2) is 0 Å². The molecule has 1 unspecified atom stereocenters. The second-order valence-electron chi connectivity index (χ2n) is 8.61. The first-order chi connectivity index (χ1) is 13.7. The van der Waals surface area contributed by atoms with Crippen LogP contribution in [0.15, 0.2) is 61.2 Å². The molecular formula is C26H31NO. The Labute approximate surface area is 169 Å². The first-order valence-corrected chi connectivity index (χ1v) is 10.8. The molecule has 0 aliphatic heterocycles. The second kappa shape index (κ2) is 8.77. The van der Waals surface area contributed by atoms with Gasteiger partial charge in [-0.05, 0) is 86.0 Å². The standard InChI is InChI=1S/C26H31NO/c1-2-19-11-13-21(14-12-19)26(28)27-24-17-22-15-16-23(18-24)25(22)10-6-9-20-7-4-3-5-8-20/h2-5,7-8,11-14,22-25H,1,6,9-10,15-18H2,(H,27,28)/t22-,23+,24-,25?. The summed E-state index contributed by atoms with van der Waals surface area (Å²) in [6.07, 6.45) is 10.6. The fourth-order valence-electron chi connectivity index (χ4n) is 5.47. The Morgan fingerprint density at radius 1 is 1.00 bits per heavy atom. The van der Waals surface area contributed by atoms with Crippen molar-refractivity contribution in [3.05, 3.63) is 77.9 Å². The molecule has 2 heteroatoms. The van der Waals surface area contributed by atoms with Crippen LogP contribution in [0.3, 0.4) is 0 Å². The summed E-state index contributed by atoms with van der Waals surface area (Å²) in [6.45, 7) is 3.77. The fourth-order valence-corrected chi connectivity index (χ4v) is 5.47. The van der Waals surface area contributed by atoms with Crippen LogP contribution in [0, 0.1) is 17.8 Å². The molecule has 4 rings (SSSR count). The van der Waals surface area contributed by atoms with Gasteiger partial charge in [-0.1, -0.05) is 55.1 Å². The normalized spacial score (nSPS) is 26.0. The van der Waals surface area contributed by atoms with E-state index in [-0.39, 0.29) is 5.91 Å². The molecule has 2 aliphatic carbocycles. The van der Waals surface area contributed by atoms with Crippen molar-refractivity contribution in [2.75, 3.05) is 0 Å². The Kier molecular flexibility index (Phi) is 5.95. The van der Waals surface area contributed by atoms with Gasteiger partial charge >= 0.3 is 0 Å². The Bertz CT molecular complexity index is 781. The predicted octanol–water partition coefficient (Wildman–Crippen LogP) is 5.89. The smallest absolute Gasteiger partial charge is 0.251 e. The molecule has 2 aromatic rings. The lowest BCUT2D eigenvalue weighted by Crippen LogP contribution is -2.41. The molecule has 0 saturated heterocycles. The Balaban J connectivity index is 1.28. The highest BCUT2D eigenvalue weighted by atomic mass is 16.1.